The number of fused-ring (bicyclic) bond motifs is 2. The lowest BCUT2D eigenvalue weighted by Crippen LogP contribution is -2.32. The van der Waals surface area contributed by atoms with Crippen LogP contribution in [0.1, 0.15) is 36.2 Å². The second-order valence-corrected chi connectivity index (χ2v) is 7.07. The second-order valence-electron chi connectivity index (χ2n) is 7.07. The van der Waals surface area contributed by atoms with Crippen molar-refractivity contribution in [1.29, 1.82) is 0 Å². The highest BCUT2D eigenvalue weighted by Gasteiger charge is 2.38. The largest absolute Gasteiger partial charge is 0.416 e. The maximum atomic E-state index is 13.5. The third kappa shape index (κ3) is 2.85. The third-order valence-electron chi connectivity index (χ3n) is 4.50. The Morgan fingerprint density at radius 3 is 2.50 bits per heavy atom. The van der Waals surface area contributed by atoms with E-state index in [0.717, 1.165) is 17.0 Å². The van der Waals surface area contributed by atoms with Crippen molar-refractivity contribution < 1.29 is 13.2 Å². The maximum Gasteiger partial charge on any atom is 0.416 e. The lowest BCUT2D eigenvalue weighted by Gasteiger charge is -2.30. The molecule has 26 heavy (non-hydrogen) atoms. The number of hydrogen-bond acceptors (Lipinski definition) is 3. The van der Waals surface area contributed by atoms with Crippen molar-refractivity contribution in [2.75, 3.05) is 0 Å². The van der Waals surface area contributed by atoms with Crippen LogP contribution in [-0.2, 0) is 12.6 Å². The van der Waals surface area contributed by atoms with Crippen LogP contribution in [0, 0.1) is 0 Å². The summed E-state index contributed by atoms with van der Waals surface area (Å²) in [7, 11) is 0. The highest BCUT2D eigenvalue weighted by Crippen LogP contribution is 2.38. The summed E-state index contributed by atoms with van der Waals surface area (Å²) in [5, 5.41) is 9.29. The molecule has 0 spiro atoms. The summed E-state index contributed by atoms with van der Waals surface area (Å²) in [6.07, 6.45) is -4.18. The quantitative estimate of drug-likeness (QED) is 0.628. The first-order valence-electron chi connectivity index (χ1n) is 8.27. The Labute approximate surface area is 148 Å². The highest BCUT2D eigenvalue weighted by molar-refractivity contribution is 6.14. The van der Waals surface area contributed by atoms with Crippen LogP contribution in [0.4, 0.5) is 13.2 Å². The fourth-order valence-electron chi connectivity index (χ4n) is 3.40. The SMILES string of the molecule is CC1(C)Cc2c(cccc2C(F)(F)F)C(c2cc3ccccc3nn2)=N1. The number of nitrogens with zero attached hydrogens (tertiary/aromatic N) is 3. The number of alkyl halides is 3. The first-order valence-corrected chi connectivity index (χ1v) is 8.27. The van der Waals surface area contributed by atoms with E-state index in [1.54, 1.807) is 6.07 Å². The molecule has 2 heterocycles. The minimum atomic E-state index is -4.40. The number of aliphatic imine (C=N–C) groups is 1. The number of hydrogen-bond donors (Lipinski definition) is 0. The van der Waals surface area contributed by atoms with Crippen LogP contribution in [0.25, 0.3) is 10.9 Å². The van der Waals surface area contributed by atoms with Crippen molar-refractivity contribution in [3.8, 4) is 0 Å². The molecule has 1 aliphatic heterocycles. The fourth-order valence-corrected chi connectivity index (χ4v) is 3.40. The molecule has 6 heteroatoms. The van der Waals surface area contributed by atoms with Crippen LogP contribution < -0.4 is 0 Å². The van der Waals surface area contributed by atoms with E-state index in [2.05, 4.69) is 10.2 Å². The van der Waals surface area contributed by atoms with Crippen LogP contribution in [0.3, 0.4) is 0 Å². The molecule has 0 N–H and O–H groups in total. The van der Waals surface area contributed by atoms with Gasteiger partial charge in [-0.15, -0.1) is 10.2 Å². The molecular weight excluding hydrogens is 339 g/mol. The molecule has 0 saturated carbocycles. The van der Waals surface area contributed by atoms with Gasteiger partial charge in [0.25, 0.3) is 0 Å². The summed E-state index contributed by atoms with van der Waals surface area (Å²) < 4.78 is 40.5. The molecule has 0 fully saturated rings. The van der Waals surface area contributed by atoms with Gasteiger partial charge in [-0.3, -0.25) is 4.99 Å². The van der Waals surface area contributed by atoms with Crippen molar-refractivity contribution in [1.82, 2.24) is 10.2 Å². The van der Waals surface area contributed by atoms with Crippen LogP contribution in [-0.4, -0.2) is 21.4 Å². The minimum absolute atomic E-state index is 0.225. The highest BCUT2D eigenvalue weighted by atomic mass is 19.4. The van der Waals surface area contributed by atoms with E-state index in [-0.39, 0.29) is 12.0 Å². The molecule has 0 amide bonds. The van der Waals surface area contributed by atoms with Crippen molar-refractivity contribution >= 4 is 16.6 Å². The lowest BCUT2D eigenvalue weighted by molar-refractivity contribution is -0.138. The topological polar surface area (TPSA) is 38.1 Å². The summed E-state index contributed by atoms with van der Waals surface area (Å²) in [5.74, 6) is 0. The van der Waals surface area contributed by atoms with E-state index < -0.39 is 17.3 Å². The summed E-state index contributed by atoms with van der Waals surface area (Å²) >= 11 is 0. The number of rotatable bonds is 1. The summed E-state index contributed by atoms with van der Waals surface area (Å²) in [6, 6.07) is 13.5. The Balaban J connectivity index is 1.95. The van der Waals surface area contributed by atoms with E-state index in [1.165, 1.54) is 6.07 Å². The smallest absolute Gasteiger partial charge is 0.276 e. The average molecular weight is 355 g/mol. The van der Waals surface area contributed by atoms with E-state index in [0.29, 0.717) is 17.0 Å². The van der Waals surface area contributed by atoms with Crippen LogP contribution in [0.5, 0.6) is 0 Å². The monoisotopic (exact) mass is 355 g/mol. The molecule has 0 bridgehead atoms. The Morgan fingerprint density at radius 1 is 0.962 bits per heavy atom. The molecule has 0 unspecified atom stereocenters. The molecule has 0 aliphatic carbocycles. The first-order chi connectivity index (χ1) is 12.2. The molecule has 0 radical (unpaired) electrons. The number of benzene rings is 2. The van der Waals surface area contributed by atoms with Gasteiger partial charge in [-0.2, -0.15) is 13.2 Å². The van der Waals surface area contributed by atoms with Crippen molar-refractivity contribution in [2.24, 2.45) is 4.99 Å². The van der Waals surface area contributed by atoms with Gasteiger partial charge < -0.3 is 0 Å². The van der Waals surface area contributed by atoms with Gasteiger partial charge in [-0.1, -0.05) is 30.3 Å². The summed E-state index contributed by atoms with van der Waals surface area (Å²) in [6.45, 7) is 3.66. The minimum Gasteiger partial charge on any atom is -0.276 e. The standard InChI is InChI=1S/C20H16F3N3/c1-19(2)11-14-13(7-5-8-15(14)20(21,22)23)18(24-19)17-10-12-6-3-4-9-16(12)25-26-17/h3-10H,11H2,1-2H3. The predicted octanol–water partition coefficient (Wildman–Crippen LogP) is 4.82. The Morgan fingerprint density at radius 2 is 1.73 bits per heavy atom. The number of aromatic nitrogens is 2. The molecule has 4 rings (SSSR count). The zero-order chi connectivity index (χ0) is 18.5. The molecule has 3 nitrogen and oxygen atoms in total. The molecule has 2 aromatic carbocycles. The van der Waals surface area contributed by atoms with E-state index in [1.807, 2.05) is 44.2 Å². The Bertz CT molecular complexity index is 1040. The zero-order valence-electron chi connectivity index (χ0n) is 14.3. The van der Waals surface area contributed by atoms with Crippen LogP contribution in [0.15, 0.2) is 53.5 Å². The van der Waals surface area contributed by atoms with Gasteiger partial charge in [0.1, 0.15) is 5.69 Å². The fraction of sp³-hybridized carbons (Fsp3) is 0.250. The van der Waals surface area contributed by atoms with Gasteiger partial charge in [-0.25, -0.2) is 0 Å². The molecule has 132 valence electrons. The zero-order valence-corrected chi connectivity index (χ0v) is 14.3. The van der Waals surface area contributed by atoms with E-state index in [4.69, 9.17) is 4.99 Å². The Hall–Kier alpha value is -2.76. The van der Waals surface area contributed by atoms with Gasteiger partial charge in [-0.05, 0) is 44.0 Å². The molecule has 0 atom stereocenters. The van der Waals surface area contributed by atoms with Gasteiger partial charge in [0.15, 0.2) is 0 Å². The van der Waals surface area contributed by atoms with Crippen LogP contribution >= 0.6 is 0 Å². The molecular formula is C20H16F3N3. The first kappa shape index (κ1) is 16.7. The summed E-state index contributed by atoms with van der Waals surface area (Å²) in [4.78, 5) is 4.70. The average Bonchev–Trinajstić information content (AvgIpc) is 2.58. The normalized spacial score (nSPS) is 16.3. The summed E-state index contributed by atoms with van der Waals surface area (Å²) in [5.41, 5.74) is 1.16. The number of halogens is 3. The lowest BCUT2D eigenvalue weighted by atomic mass is 9.83. The maximum absolute atomic E-state index is 13.5. The van der Waals surface area contributed by atoms with Gasteiger partial charge >= 0.3 is 6.18 Å². The predicted molar refractivity (Wildman–Crippen MR) is 94.4 cm³/mol. The van der Waals surface area contributed by atoms with Crippen molar-refractivity contribution in [3.63, 3.8) is 0 Å². The Kier molecular flexibility index (Phi) is 3.61. The third-order valence-corrected chi connectivity index (χ3v) is 4.50. The van der Waals surface area contributed by atoms with Gasteiger partial charge in [0, 0.05) is 10.9 Å². The van der Waals surface area contributed by atoms with Crippen molar-refractivity contribution in [3.05, 3.63) is 70.9 Å². The molecule has 0 saturated heterocycles. The molecule has 1 aliphatic rings. The van der Waals surface area contributed by atoms with Gasteiger partial charge in [0.05, 0.1) is 22.3 Å². The molecule has 1 aromatic heterocycles. The van der Waals surface area contributed by atoms with E-state index in [9.17, 15) is 13.2 Å². The molecule has 3 aromatic rings. The van der Waals surface area contributed by atoms with Gasteiger partial charge in [0.2, 0.25) is 0 Å². The second kappa shape index (κ2) is 5.62. The van der Waals surface area contributed by atoms with Crippen molar-refractivity contribution in [2.45, 2.75) is 32.0 Å². The van der Waals surface area contributed by atoms with Crippen LogP contribution in [0.2, 0.25) is 0 Å². The van der Waals surface area contributed by atoms with E-state index >= 15 is 0 Å².